The number of rotatable bonds is 2. The Balaban J connectivity index is 1.99. The molecule has 0 aromatic heterocycles. The van der Waals surface area contributed by atoms with Crippen LogP contribution in [0.25, 0.3) is 0 Å². The first-order valence-corrected chi connectivity index (χ1v) is 6.46. The number of carbonyl (C=O) groups excluding carboxylic acids is 1. The maximum atomic E-state index is 12.0. The lowest BCUT2D eigenvalue weighted by Gasteiger charge is -2.24. The highest BCUT2D eigenvalue weighted by Gasteiger charge is 2.23. The Kier molecular flexibility index (Phi) is 4.09. The number of nitrogens with one attached hydrogen (secondary N) is 2. The largest absolute Gasteiger partial charge is 0.323 e. The first-order chi connectivity index (χ1) is 8.58. The van der Waals surface area contributed by atoms with E-state index in [2.05, 4.69) is 10.6 Å². The van der Waals surface area contributed by atoms with Crippen LogP contribution in [-0.4, -0.2) is 37.1 Å². The second-order valence-electron chi connectivity index (χ2n) is 4.65. The molecule has 2 amide bonds. The molecule has 0 spiro atoms. The van der Waals surface area contributed by atoms with Crippen molar-refractivity contribution in [2.45, 2.75) is 19.4 Å². The minimum atomic E-state index is -0.0939. The number of urea groups is 1. The number of carbonyl (C=O) groups is 1. The molecule has 1 aliphatic heterocycles. The molecule has 0 aliphatic carbocycles. The van der Waals surface area contributed by atoms with Gasteiger partial charge in [0.25, 0.3) is 0 Å². The molecule has 1 fully saturated rings. The molecule has 2 N–H and O–H groups in total. The Morgan fingerprint density at radius 2 is 2.33 bits per heavy atom. The summed E-state index contributed by atoms with van der Waals surface area (Å²) in [5.74, 6) is 0. The van der Waals surface area contributed by atoms with Gasteiger partial charge in [0.15, 0.2) is 0 Å². The second kappa shape index (κ2) is 5.59. The van der Waals surface area contributed by atoms with E-state index in [1.807, 2.05) is 26.1 Å². The molecular formula is C13H18ClN3O. The van der Waals surface area contributed by atoms with Crippen LogP contribution in [0.1, 0.15) is 12.0 Å². The van der Waals surface area contributed by atoms with Gasteiger partial charge >= 0.3 is 6.03 Å². The number of amides is 2. The summed E-state index contributed by atoms with van der Waals surface area (Å²) in [5.41, 5.74) is 1.73. The molecule has 0 saturated carbocycles. The predicted octanol–water partition coefficient (Wildman–Crippen LogP) is 2.47. The smallest absolute Gasteiger partial charge is 0.321 e. The van der Waals surface area contributed by atoms with Gasteiger partial charge in [-0.1, -0.05) is 17.7 Å². The van der Waals surface area contributed by atoms with E-state index in [1.54, 1.807) is 11.0 Å². The minimum absolute atomic E-state index is 0.0939. The quantitative estimate of drug-likeness (QED) is 0.865. The van der Waals surface area contributed by atoms with Crippen LogP contribution in [0.15, 0.2) is 18.2 Å². The van der Waals surface area contributed by atoms with Gasteiger partial charge in [0.05, 0.1) is 0 Å². The van der Waals surface area contributed by atoms with Crippen LogP contribution >= 0.6 is 11.6 Å². The number of aryl methyl sites for hydroxylation is 1. The van der Waals surface area contributed by atoms with Crippen LogP contribution in [0.4, 0.5) is 10.5 Å². The van der Waals surface area contributed by atoms with Gasteiger partial charge in [-0.15, -0.1) is 0 Å². The molecule has 1 aromatic rings. The van der Waals surface area contributed by atoms with E-state index in [0.717, 1.165) is 30.8 Å². The lowest BCUT2D eigenvalue weighted by Crippen LogP contribution is -2.40. The van der Waals surface area contributed by atoms with Gasteiger partial charge in [0, 0.05) is 30.3 Å². The standard InChI is InChI=1S/C13H18ClN3O/c1-9-3-4-10(7-12(9)14)16-13(18)17(2)11-5-6-15-8-11/h3-4,7,11,15H,5-6,8H2,1-2H3,(H,16,18). The maximum absolute atomic E-state index is 12.0. The van der Waals surface area contributed by atoms with E-state index in [9.17, 15) is 4.79 Å². The molecule has 1 unspecified atom stereocenters. The number of benzene rings is 1. The van der Waals surface area contributed by atoms with Crippen molar-refractivity contribution in [3.63, 3.8) is 0 Å². The lowest BCUT2D eigenvalue weighted by atomic mass is 10.2. The summed E-state index contributed by atoms with van der Waals surface area (Å²) < 4.78 is 0. The lowest BCUT2D eigenvalue weighted by molar-refractivity contribution is 0.208. The Bertz CT molecular complexity index is 444. The maximum Gasteiger partial charge on any atom is 0.321 e. The Morgan fingerprint density at radius 1 is 1.56 bits per heavy atom. The van der Waals surface area contributed by atoms with Crippen molar-refractivity contribution in [1.29, 1.82) is 0 Å². The fourth-order valence-corrected chi connectivity index (χ4v) is 2.20. The van der Waals surface area contributed by atoms with Crippen LogP contribution < -0.4 is 10.6 Å². The van der Waals surface area contributed by atoms with Gasteiger partial charge in [-0.05, 0) is 37.6 Å². The van der Waals surface area contributed by atoms with Crippen molar-refractivity contribution in [2.24, 2.45) is 0 Å². The van der Waals surface area contributed by atoms with Crippen LogP contribution in [0.5, 0.6) is 0 Å². The molecule has 1 aromatic carbocycles. The van der Waals surface area contributed by atoms with Gasteiger partial charge in [0.2, 0.25) is 0 Å². The van der Waals surface area contributed by atoms with Crippen molar-refractivity contribution in [1.82, 2.24) is 10.2 Å². The van der Waals surface area contributed by atoms with Crippen LogP contribution in [0.2, 0.25) is 5.02 Å². The summed E-state index contributed by atoms with van der Waals surface area (Å²) in [6.45, 7) is 3.77. The van der Waals surface area contributed by atoms with Crippen molar-refractivity contribution in [3.8, 4) is 0 Å². The van der Waals surface area contributed by atoms with E-state index in [1.165, 1.54) is 0 Å². The molecule has 98 valence electrons. The van der Waals surface area contributed by atoms with Crippen LogP contribution in [0.3, 0.4) is 0 Å². The van der Waals surface area contributed by atoms with E-state index in [0.29, 0.717) is 5.02 Å². The molecule has 1 saturated heterocycles. The first kappa shape index (κ1) is 13.2. The molecule has 2 rings (SSSR count). The fourth-order valence-electron chi connectivity index (χ4n) is 2.02. The van der Waals surface area contributed by atoms with E-state index in [-0.39, 0.29) is 12.1 Å². The summed E-state index contributed by atoms with van der Waals surface area (Å²) in [5, 5.41) is 6.77. The SMILES string of the molecule is Cc1ccc(NC(=O)N(C)C2CCNC2)cc1Cl. The number of hydrogen-bond donors (Lipinski definition) is 2. The zero-order chi connectivity index (χ0) is 13.1. The average molecular weight is 268 g/mol. The van der Waals surface area contributed by atoms with Crippen molar-refractivity contribution < 1.29 is 4.79 Å². The molecule has 0 bridgehead atoms. The van der Waals surface area contributed by atoms with Crippen molar-refractivity contribution >= 4 is 23.3 Å². The average Bonchev–Trinajstić information content (AvgIpc) is 2.86. The van der Waals surface area contributed by atoms with Crippen molar-refractivity contribution in [2.75, 3.05) is 25.5 Å². The predicted molar refractivity (Wildman–Crippen MR) is 74.2 cm³/mol. The van der Waals surface area contributed by atoms with Crippen molar-refractivity contribution in [3.05, 3.63) is 28.8 Å². The number of hydrogen-bond acceptors (Lipinski definition) is 2. The third kappa shape index (κ3) is 2.94. The summed E-state index contributed by atoms with van der Waals surface area (Å²) in [6, 6.07) is 5.71. The summed E-state index contributed by atoms with van der Waals surface area (Å²) >= 11 is 6.03. The highest BCUT2D eigenvalue weighted by atomic mass is 35.5. The van der Waals surface area contributed by atoms with E-state index in [4.69, 9.17) is 11.6 Å². The molecule has 4 nitrogen and oxygen atoms in total. The highest BCUT2D eigenvalue weighted by molar-refractivity contribution is 6.31. The normalized spacial score (nSPS) is 18.7. The molecule has 1 heterocycles. The number of halogens is 1. The highest BCUT2D eigenvalue weighted by Crippen LogP contribution is 2.20. The Morgan fingerprint density at radius 3 is 2.94 bits per heavy atom. The number of likely N-dealkylation sites (N-methyl/N-ethyl adjacent to an activating group) is 1. The molecule has 5 heteroatoms. The van der Waals surface area contributed by atoms with E-state index >= 15 is 0 Å². The van der Waals surface area contributed by atoms with Gasteiger partial charge < -0.3 is 15.5 Å². The Labute approximate surface area is 112 Å². The third-order valence-electron chi connectivity index (χ3n) is 3.33. The molecule has 1 aliphatic rings. The van der Waals surface area contributed by atoms with E-state index < -0.39 is 0 Å². The van der Waals surface area contributed by atoms with Crippen LogP contribution in [0, 0.1) is 6.92 Å². The number of nitrogens with zero attached hydrogens (tertiary/aromatic N) is 1. The molecule has 1 atom stereocenters. The first-order valence-electron chi connectivity index (χ1n) is 6.08. The monoisotopic (exact) mass is 267 g/mol. The van der Waals surface area contributed by atoms with Gasteiger partial charge in [-0.2, -0.15) is 0 Å². The third-order valence-corrected chi connectivity index (χ3v) is 3.73. The Hall–Kier alpha value is -1.26. The molecular weight excluding hydrogens is 250 g/mol. The van der Waals surface area contributed by atoms with Gasteiger partial charge in [0.1, 0.15) is 0 Å². The molecule has 0 radical (unpaired) electrons. The summed E-state index contributed by atoms with van der Waals surface area (Å²) in [4.78, 5) is 13.8. The van der Waals surface area contributed by atoms with Gasteiger partial charge in [-0.3, -0.25) is 0 Å². The zero-order valence-electron chi connectivity index (χ0n) is 10.7. The van der Waals surface area contributed by atoms with Crippen LogP contribution in [-0.2, 0) is 0 Å². The van der Waals surface area contributed by atoms with Gasteiger partial charge in [-0.25, -0.2) is 4.79 Å². The topological polar surface area (TPSA) is 44.4 Å². The fraction of sp³-hybridized carbons (Fsp3) is 0.462. The molecule has 18 heavy (non-hydrogen) atoms. The number of anilines is 1. The zero-order valence-corrected chi connectivity index (χ0v) is 11.4. The second-order valence-corrected chi connectivity index (χ2v) is 5.06. The minimum Gasteiger partial charge on any atom is -0.323 e. The summed E-state index contributed by atoms with van der Waals surface area (Å²) in [7, 11) is 1.82. The summed E-state index contributed by atoms with van der Waals surface area (Å²) in [6.07, 6.45) is 0.999.